The third kappa shape index (κ3) is 26.9. The van der Waals surface area contributed by atoms with E-state index >= 15 is 0 Å². The van der Waals surface area contributed by atoms with Gasteiger partial charge in [0, 0.05) is 26.2 Å². The molecule has 0 aliphatic heterocycles. The smallest absolute Gasteiger partial charge is 0.417 e. The van der Waals surface area contributed by atoms with E-state index in [4.69, 9.17) is 49.4 Å². The molecule has 0 aliphatic carbocycles. The van der Waals surface area contributed by atoms with E-state index < -0.39 is 111 Å². The SMILES string of the molecule is C[Si](C)(C)O[Si](C)(O[Si](C)(C)C)O[Si](O[Si](C)(O[Si](C)(C)C)O[Si](C)(C)C)(O[Si](C)(O[Si](C)(C)C)O[Si](C)(C)C)O[Si](C)(O[Si](C)(C)C)O[Si](C)(C)C. The first-order chi connectivity index (χ1) is 22.5. The summed E-state index contributed by atoms with van der Waals surface area (Å²) in [6.45, 7) is 58.9. The molecule has 12 nitrogen and oxygen atoms in total. The summed E-state index contributed by atoms with van der Waals surface area (Å²) < 4.78 is 86.2. The van der Waals surface area contributed by atoms with E-state index in [0.717, 1.165) is 0 Å². The molecule has 0 aliphatic rings. The molecule has 0 bridgehead atoms. The Balaban J connectivity index is 8.77. The van der Waals surface area contributed by atoms with Gasteiger partial charge in [-0.15, -0.1) is 0 Å². The maximum Gasteiger partial charge on any atom is 0.649 e. The molecular weight excluding hydrogens is 893 g/mol. The lowest BCUT2D eigenvalue weighted by atomic mass is 11.8. The van der Waals surface area contributed by atoms with Crippen LogP contribution >= 0.6 is 0 Å². The topological polar surface area (TPSA) is 111 Å². The Hall–Kier alpha value is 2.34. The second-order valence-electron chi connectivity index (χ2n) is 22.1. The zero-order chi connectivity index (χ0) is 43.0. The lowest BCUT2D eigenvalue weighted by Crippen LogP contribution is -2.75. The summed E-state index contributed by atoms with van der Waals surface area (Å²) in [7, 11) is -38.1. The molecule has 0 N–H and O–H groups in total. The molecule has 0 amide bonds. The molecular formula is C28H84O12Si13. The minimum Gasteiger partial charge on any atom is -0.417 e. The van der Waals surface area contributed by atoms with Gasteiger partial charge >= 0.3 is 44.3 Å². The monoisotopic (exact) mass is 976 g/mol. The molecule has 320 valence electrons. The summed E-state index contributed by atoms with van der Waals surface area (Å²) in [5.74, 6) is 0. The lowest BCUT2D eigenvalue weighted by Gasteiger charge is -2.50. The van der Waals surface area contributed by atoms with E-state index in [2.05, 4.69) is 157 Å². The van der Waals surface area contributed by atoms with Gasteiger partial charge in [-0.25, -0.2) is 0 Å². The van der Waals surface area contributed by atoms with E-state index in [1.165, 1.54) is 0 Å². The van der Waals surface area contributed by atoms with Crippen LogP contribution in [0.4, 0.5) is 0 Å². The Labute approximate surface area is 341 Å². The van der Waals surface area contributed by atoms with Crippen molar-refractivity contribution in [3.8, 4) is 0 Å². The van der Waals surface area contributed by atoms with Gasteiger partial charge in [0.2, 0.25) is 0 Å². The van der Waals surface area contributed by atoms with E-state index in [-0.39, 0.29) is 0 Å². The van der Waals surface area contributed by atoms with Crippen LogP contribution in [0, 0.1) is 0 Å². The second-order valence-corrected chi connectivity index (χ2v) is 73.6. The number of rotatable bonds is 24. The summed E-state index contributed by atoms with van der Waals surface area (Å²) in [5, 5.41) is 0. The predicted octanol–water partition coefficient (Wildman–Crippen LogP) is 10.6. The van der Waals surface area contributed by atoms with Crippen LogP contribution in [0.5, 0.6) is 0 Å². The minimum atomic E-state index is -4.71. The summed E-state index contributed by atoms with van der Waals surface area (Å²) in [6.07, 6.45) is 0. The van der Waals surface area contributed by atoms with Gasteiger partial charge in [0.1, 0.15) is 0 Å². The molecule has 0 aromatic carbocycles. The van der Waals surface area contributed by atoms with E-state index in [1.807, 2.05) is 26.2 Å². The molecule has 0 saturated carbocycles. The molecule has 53 heavy (non-hydrogen) atoms. The van der Waals surface area contributed by atoms with Gasteiger partial charge in [-0.1, -0.05) is 0 Å². The predicted molar refractivity (Wildman–Crippen MR) is 252 cm³/mol. The second kappa shape index (κ2) is 18.1. The molecule has 0 heterocycles. The Morgan fingerprint density at radius 2 is 0.245 bits per heavy atom. The minimum absolute atomic E-state index is 1.94. The first kappa shape index (κ1) is 55.3. The molecule has 0 aromatic rings. The van der Waals surface area contributed by atoms with E-state index in [9.17, 15) is 0 Å². The van der Waals surface area contributed by atoms with Crippen molar-refractivity contribution in [1.29, 1.82) is 0 Å². The van der Waals surface area contributed by atoms with Crippen LogP contribution in [0.2, 0.25) is 183 Å². The van der Waals surface area contributed by atoms with Crippen LogP contribution in [-0.4, -0.2) is 111 Å². The first-order valence-electron chi connectivity index (χ1n) is 18.9. The van der Waals surface area contributed by atoms with Crippen LogP contribution in [0.3, 0.4) is 0 Å². The van der Waals surface area contributed by atoms with Crippen molar-refractivity contribution >= 4 is 111 Å². The van der Waals surface area contributed by atoms with Crippen molar-refractivity contribution < 1.29 is 49.4 Å². The van der Waals surface area contributed by atoms with Crippen molar-refractivity contribution in [2.45, 2.75) is 183 Å². The molecule has 0 fully saturated rings. The summed E-state index contributed by atoms with van der Waals surface area (Å²) >= 11 is 0. The fourth-order valence-corrected chi connectivity index (χ4v) is 58.3. The van der Waals surface area contributed by atoms with E-state index in [0.29, 0.717) is 0 Å². The molecule has 0 radical (unpaired) electrons. The highest BCUT2D eigenvalue weighted by Gasteiger charge is 2.69. The third-order valence-corrected chi connectivity index (χ3v) is 46.6. The average Bonchev–Trinajstić information content (AvgIpc) is 2.58. The van der Waals surface area contributed by atoms with Crippen LogP contribution in [0.15, 0.2) is 0 Å². The van der Waals surface area contributed by atoms with Gasteiger partial charge in [-0.05, 0) is 157 Å². The zero-order valence-electron chi connectivity index (χ0n) is 39.4. The fourth-order valence-electron chi connectivity index (χ4n) is 5.73. The van der Waals surface area contributed by atoms with Gasteiger partial charge in [0.25, 0.3) is 0 Å². The third-order valence-electron chi connectivity index (χ3n) is 5.17. The van der Waals surface area contributed by atoms with Crippen LogP contribution in [0.1, 0.15) is 0 Å². The highest BCUT2D eigenvalue weighted by Crippen LogP contribution is 2.38. The Morgan fingerprint density at radius 3 is 0.321 bits per heavy atom. The standard InChI is InChI=1S/C28H84O12Si13/c1-41(2,3)29-49(25,30-42(4,5)6)37-53(38-50(26,31-43(7,8)9)32-44(10,11)12,39-51(27,33-45(13,14)15)34-46(16,17)18)40-52(28,35-47(19,20)21)36-48(22,23)24/h1-28H3. The highest BCUT2D eigenvalue weighted by molar-refractivity contribution is 6.96. The van der Waals surface area contributed by atoms with Crippen molar-refractivity contribution in [2.75, 3.05) is 0 Å². The van der Waals surface area contributed by atoms with Crippen LogP contribution in [-0.2, 0) is 49.4 Å². The van der Waals surface area contributed by atoms with Gasteiger partial charge < -0.3 is 49.4 Å². The molecule has 0 saturated heterocycles. The first-order valence-corrected chi connectivity index (χ1v) is 56.7. The average molecular weight is 978 g/mol. The summed E-state index contributed by atoms with van der Waals surface area (Å²) in [4.78, 5) is 0. The Morgan fingerprint density at radius 1 is 0.151 bits per heavy atom. The summed E-state index contributed by atoms with van der Waals surface area (Å²) in [5.41, 5.74) is 0. The fraction of sp³-hybridized carbons (Fsp3) is 1.00. The lowest BCUT2D eigenvalue weighted by molar-refractivity contribution is 0.0474. The molecule has 0 spiro atoms. The van der Waals surface area contributed by atoms with Gasteiger partial charge in [-0.2, -0.15) is 0 Å². The summed E-state index contributed by atoms with van der Waals surface area (Å²) in [6, 6.07) is 0. The van der Waals surface area contributed by atoms with Crippen LogP contribution < -0.4 is 0 Å². The maximum absolute atomic E-state index is 7.50. The van der Waals surface area contributed by atoms with Gasteiger partial charge in [-0.3, -0.25) is 0 Å². The molecule has 0 aromatic heterocycles. The van der Waals surface area contributed by atoms with Crippen molar-refractivity contribution in [1.82, 2.24) is 0 Å². The van der Waals surface area contributed by atoms with Crippen molar-refractivity contribution in [3.63, 3.8) is 0 Å². The van der Waals surface area contributed by atoms with Crippen molar-refractivity contribution in [3.05, 3.63) is 0 Å². The number of hydrogen-bond donors (Lipinski definition) is 0. The van der Waals surface area contributed by atoms with Gasteiger partial charge in [0.15, 0.2) is 66.5 Å². The maximum atomic E-state index is 7.50. The molecule has 25 heteroatoms. The Kier molecular flexibility index (Phi) is 18.9. The quantitative estimate of drug-likeness (QED) is 0.0859. The van der Waals surface area contributed by atoms with Crippen LogP contribution in [0.25, 0.3) is 0 Å². The van der Waals surface area contributed by atoms with Crippen molar-refractivity contribution in [2.24, 2.45) is 0 Å². The van der Waals surface area contributed by atoms with Gasteiger partial charge in [0.05, 0.1) is 0 Å². The largest absolute Gasteiger partial charge is 0.649 e. The highest BCUT2D eigenvalue weighted by atomic mass is 28.6. The number of hydrogen-bond acceptors (Lipinski definition) is 12. The molecule has 0 rings (SSSR count). The van der Waals surface area contributed by atoms with E-state index in [1.54, 1.807) is 0 Å². The normalized spacial score (nSPS) is 16.1. The zero-order valence-corrected chi connectivity index (χ0v) is 52.4. The Bertz CT molecular complexity index is 915. The molecule has 0 atom stereocenters. The molecule has 0 unspecified atom stereocenters.